The number of nitrogens with zero attached hydrogens (tertiary/aromatic N) is 1. The highest BCUT2D eigenvalue weighted by atomic mass is 16.5. The molecule has 0 atom stereocenters. The number of anilines is 1. The van der Waals surface area contributed by atoms with Gasteiger partial charge in [0.25, 0.3) is 0 Å². The van der Waals surface area contributed by atoms with Crippen LogP contribution in [0.25, 0.3) is 11.3 Å². The molecule has 0 aliphatic carbocycles. The first-order valence-corrected chi connectivity index (χ1v) is 4.24. The molecule has 0 saturated carbocycles. The van der Waals surface area contributed by atoms with Gasteiger partial charge < -0.3 is 15.5 Å². The molecule has 1 aromatic heterocycles. The molecule has 4 heteroatoms. The molecule has 0 aliphatic heterocycles. The van der Waals surface area contributed by atoms with Crippen LogP contribution in [0.1, 0.15) is 0 Å². The van der Waals surface area contributed by atoms with Crippen LogP contribution >= 0.6 is 0 Å². The van der Waals surface area contributed by atoms with Gasteiger partial charge >= 0.3 is 0 Å². The molecule has 0 amide bonds. The second kappa shape index (κ2) is 3.41. The highest BCUT2D eigenvalue weighted by Gasteiger charge is 2.03. The summed E-state index contributed by atoms with van der Waals surface area (Å²) < 4.78 is 5.06. The van der Waals surface area contributed by atoms with Crippen LogP contribution in [-0.2, 0) is 0 Å². The Labute approximate surface area is 81.7 Å². The fourth-order valence-corrected chi connectivity index (χ4v) is 1.29. The van der Waals surface area contributed by atoms with Gasteiger partial charge in [0.2, 0.25) is 0 Å². The molecule has 2 rings (SSSR count). The van der Waals surface area contributed by atoms with Gasteiger partial charge in [-0.25, -0.2) is 4.98 Å². The van der Waals surface area contributed by atoms with Crippen molar-refractivity contribution in [2.45, 2.75) is 0 Å². The van der Waals surface area contributed by atoms with Crippen molar-refractivity contribution in [3.63, 3.8) is 0 Å². The van der Waals surface area contributed by atoms with E-state index in [-0.39, 0.29) is 0 Å². The number of H-pyrrole nitrogens is 1. The average Bonchev–Trinajstić information content (AvgIpc) is 2.65. The van der Waals surface area contributed by atoms with Gasteiger partial charge in [0, 0.05) is 5.56 Å². The molecular formula is C10H11N3O. The number of ether oxygens (including phenoxy) is 1. The minimum atomic E-state index is 0.509. The van der Waals surface area contributed by atoms with Crippen molar-refractivity contribution in [1.29, 1.82) is 0 Å². The van der Waals surface area contributed by atoms with Crippen molar-refractivity contribution >= 4 is 5.82 Å². The Hall–Kier alpha value is -1.97. The van der Waals surface area contributed by atoms with Gasteiger partial charge in [-0.15, -0.1) is 0 Å². The maximum Gasteiger partial charge on any atom is 0.149 e. The van der Waals surface area contributed by atoms with E-state index in [0.717, 1.165) is 17.0 Å². The van der Waals surface area contributed by atoms with Crippen LogP contribution in [0.4, 0.5) is 5.82 Å². The van der Waals surface area contributed by atoms with Gasteiger partial charge in [0.1, 0.15) is 11.6 Å². The Bertz CT molecular complexity index is 419. The molecule has 14 heavy (non-hydrogen) atoms. The third-order valence-electron chi connectivity index (χ3n) is 2.05. The first-order valence-electron chi connectivity index (χ1n) is 4.24. The van der Waals surface area contributed by atoms with Crippen LogP contribution in [0.15, 0.2) is 30.6 Å². The summed E-state index contributed by atoms with van der Waals surface area (Å²) in [5, 5.41) is 0. The Morgan fingerprint density at radius 3 is 2.50 bits per heavy atom. The van der Waals surface area contributed by atoms with Crippen LogP contribution in [0.3, 0.4) is 0 Å². The van der Waals surface area contributed by atoms with Crippen molar-refractivity contribution in [3.8, 4) is 17.0 Å². The highest BCUT2D eigenvalue weighted by Crippen LogP contribution is 2.23. The smallest absolute Gasteiger partial charge is 0.149 e. The zero-order valence-electron chi connectivity index (χ0n) is 7.82. The number of aromatic amines is 1. The van der Waals surface area contributed by atoms with E-state index in [0.29, 0.717) is 5.82 Å². The van der Waals surface area contributed by atoms with Crippen molar-refractivity contribution in [3.05, 3.63) is 30.6 Å². The quantitative estimate of drug-likeness (QED) is 0.755. The molecule has 72 valence electrons. The summed E-state index contributed by atoms with van der Waals surface area (Å²) in [4.78, 5) is 6.91. The van der Waals surface area contributed by atoms with E-state index < -0.39 is 0 Å². The molecule has 1 heterocycles. The third-order valence-corrected chi connectivity index (χ3v) is 2.05. The third kappa shape index (κ3) is 1.42. The summed E-state index contributed by atoms with van der Waals surface area (Å²) in [7, 11) is 1.64. The zero-order chi connectivity index (χ0) is 9.97. The standard InChI is InChI=1S/C10H11N3O/c1-14-8-4-2-7(3-5-8)9-10(11)13-6-12-9/h2-6H,11H2,1H3,(H,12,13). The summed E-state index contributed by atoms with van der Waals surface area (Å²) in [5.74, 6) is 1.34. The van der Waals surface area contributed by atoms with Gasteiger partial charge in [-0.2, -0.15) is 0 Å². The fraction of sp³-hybridized carbons (Fsp3) is 0.100. The number of hydrogen-bond donors (Lipinski definition) is 2. The van der Waals surface area contributed by atoms with E-state index >= 15 is 0 Å². The summed E-state index contributed by atoms with van der Waals surface area (Å²) in [5.41, 5.74) is 7.51. The largest absolute Gasteiger partial charge is 0.497 e. The highest BCUT2D eigenvalue weighted by molar-refractivity contribution is 5.70. The Balaban J connectivity index is 2.39. The molecule has 2 aromatic rings. The predicted molar refractivity (Wildman–Crippen MR) is 55.0 cm³/mol. The first-order chi connectivity index (χ1) is 6.81. The SMILES string of the molecule is COc1ccc(-c2[nH]cnc2N)cc1. The molecule has 0 spiro atoms. The van der Waals surface area contributed by atoms with Crippen LogP contribution in [0.5, 0.6) is 5.75 Å². The summed E-state index contributed by atoms with van der Waals surface area (Å²) in [6.07, 6.45) is 1.58. The maximum absolute atomic E-state index is 5.67. The molecule has 0 bridgehead atoms. The maximum atomic E-state index is 5.67. The molecule has 0 unspecified atom stereocenters. The molecule has 0 saturated heterocycles. The lowest BCUT2D eigenvalue weighted by molar-refractivity contribution is 0.415. The minimum Gasteiger partial charge on any atom is -0.497 e. The molecular weight excluding hydrogens is 178 g/mol. The summed E-state index contributed by atoms with van der Waals surface area (Å²) in [6, 6.07) is 7.64. The van der Waals surface area contributed by atoms with Crippen molar-refractivity contribution in [1.82, 2.24) is 9.97 Å². The van der Waals surface area contributed by atoms with E-state index in [1.165, 1.54) is 0 Å². The normalized spacial score (nSPS) is 10.1. The summed E-state index contributed by atoms with van der Waals surface area (Å²) in [6.45, 7) is 0. The van der Waals surface area contributed by atoms with E-state index in [1.807, 2.05) is 24.3 Å². The fourth-order valence-electron chi connectivity index (χ4n) is 1.29. The number of aromatic nitrogens is 2. The lowest BCUT2D eigenvalue weighted by atomic mass is 10.1. The number of nitrogens with one attached hydrogen (secondary N) is 1. The number of benzene rings is 1. The number of hydrogen-bond acceptors (Lipinski definition) is 3. The number of nitrogen functional groups attached to an aromatic ring is 1. The molecule has 0 aliphatic rings. The van der Waals surface area contributed by atoms with Gasteiger partial charge in [0.15, 0.2) is 0 Å². The van der Waals surface area contributed by atoms with Gasteiger partial charge in [-0.3, -0.25) is 0 Å². The molecule has 3 N–H and O–H groups in total. The van der Waals surface area contributed by atoms with Crippen LogP contribution in [0, 0.1) is 0 Å². The molecule has 1 aromatic carbocycles. The number of imidazole rings is 1. The lowest BCUT2D eigenvalue weighted by Gasteiger charge is -2.01. The van der Waals surface area contributed by atoms with Crippen molar-refractivity contribution < 1.29 is 4.74 Å². The number of rotatable bonds is 2. The Morgan fingerprint density at radius 2 is 2.00 bits per heavy atom. The van der Waals surface area contributed by atoms with Gasteiger partial charge in [0.05, 0.1) is 19.1 Å². The van der Waals surface area contributed by atoms with Gasteiger partial charge in [-0.1, -0.05) is 0 Å². The topological polar surface area (TPSA) is 63.9 Å². The second-order valence-corrected chi connectivity index (χ2v) is 2.89. The Kier molecular flexibility index (Phi) is 2.10. The van der Waals surface area contributed by atoms with Crippen LogP contribution in [0.2, 0.25) is 0 Å². The van der Waals surface area contributed by atoms with E-state index in [4.69, 9.17) is 10.5 Å². The summed E-state index contributed by atoms with van der Waals surface area (Å²) >= 11 is 0. The Morgan fingerprint density at radius 1 is 1.29 bits per heavy atom. The van der Waals surface area contributed by atoms with Crippen LogP contribution < -0.4 is 10.5 Å². The first kappa shape index (κ1) is 8.62. The monoisotopic (exact) mass is 189 g/mol. The molecule has 4 nitrogen and oxygen atoms in total. The molecule has 0 fully saturated rings. The van der Waals surface area contributed by atoms with E-state index in [1.54, 1.807) is 13.4 Å². The number of methoxy groups -OCH3 is 1. The lowest BCUT2D eigenvalue weighted by Crippen LogP contribution is -1.88. The van der Waals surface area contributed by atoms with E-state index in [9.17, 15) is 0 Å². The number of nitrogens with two attached hydrogens (primary N) is 1. The average molecular weight is 189 g/mol. The van der Waals surface area contributed by atoms with E-state index in [2.05, 4.69) is 9.97 Å². The second-order valence-electron chi connectivity index (χ2n) is 2.89. The minimum absolute atomic E-state index is 0.509. The molecule has 0 radical (unpaired) electrons. The van der Waals surface area contributed by atoms with Gasteiger partial charge in [-0.05, 0) is 24.3 Å². The predicted octanol–water partition coefficient (Wildman–Crippen LogP) is 1.67. The zero-order valence-corrected chi connectivity index (χ0v) is 7.82. The van der Waals surface area contributed by atoms with Crippen LogP contribution in [-0.4, -0.2) is 17.1 Å². The van der Waals surface area contributed by atoms with Crippen molar-refractivity contribution in [2.24, 2.45) is 0 Å². The van der Waals surface area contributed by atoms with Crippen molar-refractivity contribution in [2.75, 3.05) is 12.8 Å².